The fraction of sp³-hybridized carbons (Fsp3) is 0.444. The number of ether oxygens (including phenoxy) is 2. The summed E-state index contributed by atoms with van der Waals surface area (Å²) >= 11 is 9.74. The third-order valence-corrected chi connectivity index (χ3v) is 3.95. The molecule has 1 heterocycles. The summed E-state index contributed by atoms with van der Waals surface area (Å²) in [6, 6.07) is 7.99. The molecule has 0 aliphatic rings. The van der Waals surface area contributed by atoms with Crippen LogP contribution in [-0.4, -0.2) is 30.1 Å². The van der Waals surface area contributed by atoms with Gasteiger partial charge in [-0.15, -0.1) is 12.6 Å². The van der Waals surface area contributed by atoms with E-state index >= 15 is 0 Å². The van der Waals surface area contributed by atoms with E-state index < -0.39 is 0 Å². The minimum absolute atomic E-state index is 0.119. The fourth-order valence-electron chi connectivity index (χ4n) is 1.78. The van der Waals surface area contributed by atoms with Crippen LogP contribution in [0.5, 0.6) is 5.75 Å². The van der Waals surface area contributed by atoms with Gasteiger partial charge in [0.2, 0.25) is 0 Å². The number of benzene rings is 1. The Morgan fingerprint density at radius 1 is 1.20 bits per heavy atom. The number of rotatable bonds is 4. The maximum absolute atomic E-state index is 11.6. The number of hydrogen-bond acceptors (Lipinski definition) is 5. The van der Waals surface area contributed by atoms with Crippen molar-refractivity contribution < 1.29 is 9.47 Å². The average Bonchev–Trinajstić information content (AvgIpc) is 2.54. The van der Waals surface area contributed by atoms with Crippen molar-refractivity contribution in [1.29, 1.82) is 0 Å². The average molecular weight is 385 g/mol. The van der Waals surface area contributed by atoms with Gasteiger partial charge in [-0.3, -0.25) is 4.79 Å². The van der Waals surface area contributed by atoms with E-state index in [1.807, 2.05) is 45.0 Å². The summed E-state index contributed by atoms with van der Waals surface area (Å²) in [7, 11) is 1.67. The SMILES string of the molecule is CC(C)(C)n1ncc(S)c(Cl)c1=O.COCCOc1ccc(C)cc1. The number of aryl methyl sites for hydroxylation is 1. The third kappa shape index (κ3) is 7.10. The Balaban J connectivity index is 0.000000251. The van der Waals surface area contributed by atoms with Crippen molar-refractivity contribution in [1.82, 2.24) is 9.78 Å². The zero-order valence-corrected chi connectivity index (χ0v) is 16.9. The van der Waals surface area contributed by atoms with Crippen molar-refractivity contribution in [3.05, 3.63) is 51.4 Å². The van der Waals surface area contributed by atoms with Crippen LogP contribution in [0.4, 0.5) is 0 Å². The Hall–Kier alpha value is -1.50. The summed E-state index contributed by atoms with van der Waals surface area (Å²) in [4.78, 5) is 12.0. The van der Waals surface area contributed by atoms with E-state index in [2.05, 4.69) is 24.7 Å². The van der Waals surface area contributed by atoms with Crippen LogP contribution in [0.1, 0.15) is 26.3 Å². The van der Waals surface area contributed by atoms with E-state index in [-0.39, 0.29) is 16.1 Å². The molecule has 0 radical (unpaired) electrons. The van der Waals surface area contributed by atoms with E-state index in [1.54, 1.807) is 7.11 Å². The van der Waals surface area contributed by atoms with Gasteiger partial charge in [0.1, 0.15) is 17.4 Å². The summed E-state index contributed by atoms with van der Waals surface area (Å²) < 4.78 is 11.6. The second-order valence-electron chi connectivity index (χ2n) is 6.39. The summed E-state index contributed by atoms with van der Waals surface area (Å²) in [5.74, 6) is 0.901. The van der Waals surface area contributed by atoms with Crippen LogP contribution in [0.15, 0.2) is 40.2 Å². The van der Waals surface area contributed by atoms with Gasteiger partial charge in [-0.2, -0.15) is 5.10 Å². The number of halogens is 1. The molecule has 138 valence electrons. The van der Waals surface area contributed by atoms with Crippen LogP contribution in [-0.2, 0) is 10.3 Å². The van der Waals surface area contributed by atoms with E-state index in [9.17, 15) is 4.79 Å². The van der Waals surface area contributed by atoms with Gasteiger partial charge in [-0.25, -0.2) is 4.68 Å². The Morgan fingerprint density at radius 2 is 1.80 bits per heavy atom. The Morgan fingerprint density at radius 3 is 2.32 bits per heavy atom. The third-order valence-electron chi connectivity index (χ3n) is 3.11. The summed E-state index contributed by atoms with van der Waals surface area (Å²) in [5, 5.41) is 4.07. The number of aromatic nitrogens is 2. The molecule has 0 aliphatic heterocycles. The summed E-state index contributed by atoms with van der Waals surface area (Å²) in [6.45, 7) is 8.95. The highest BCUT2D eigenvalue weighted by Crippen LogP contribution is 2.16. The molecule has 0 spiro atoms. The van der Waals surface area contributed by atoms with Crippen LogP contribution in [0, 0.1) is 6.92 Å². The minimum atomic E-state index is -0.359. The normalized spacial score (nSPS) is 10.8. The van der Waals surface area contributed by atoms with Crippen LogP contribution in [0.2, 0.25) is 5.02 Å². The molecular formula is C18H25ClN2O3S. The Kier molecular flexibility index (Phi) is 8.48. The van der Waals surface area contributed by atoms with Crippen LogP contribution in [0.3, 0.4) is 0 Å². The molecule has 2 rings (SSSR count). The quantitative estimate of drug-likeness (QED) is 0.640. The van der Waals surface area contributed by atoms with E-state index in [0.29, 0.717) is 18.1 Å². The topological polar surface area (TPSA) is 53.4 Å². The van der Waals surface area contributed by atoms with Crippen molar-refractivity contribution in [2.75, 3.05) is 20.3 Å². The van der Waals surface area contributed by atoms with Crippen molar-refractivity contribution in [2.24, 2.45) is 0 Å². The van der Waals surface area contributed by atoms with Gasteiger partial charge < -0.3 is 9.47 Å². The first-order valence-electron chi connectivity index (χ1n) is 7.82. The van der Waals surface area contributed by atoms with E-state index in [1.165, 1.54) is 16.4 Å². The van der Waals surface area contributed by atoms with Gasteiger partial charge in [0.25, 0.3) is 5.56 Å². The van der Waals surface area contributed by atoms with Crippen molar-refractivity contribution >= 4 is 24.2 Å². The van der Waals surface area contributed by atoms with Crippen molar-refractivity contribution in [2.45, 2.75) is 38.1 Å². The smallest absolute Gasteiger partial charge is 0.287 e. The predicted molar refractivity (Wildman–Crippen MR) is 104 cm³/mol. The molecule has 0 bridgehead atoms. The lowest BCUT2D eigenvalue weighted by Gasteiger charge is -2.20. The summed E-state index contributed by atoms with van der Waals surface area (Å²) in [6.07, 6.45) is 1.47. The summed E-state index contributed by atoms with van der Waals surface area (Å²) in [5.41, 5.74) is 0.582. The molecule has 1 aromatic carbocycles. The molecule has 2 aromatic rings. The molecule has 7 heteroatoms. The number of hydrogen-bond donors (Lipinski definition) is 1. The van der Waals surface area contributed by atoms with E-state index in [0.717, 1.165) is 5.75 Å². The van der Waals surface area contributed by atoms with Gasteiger partial charge in [0.15, 0.2) is 0 Å². The molecule has 25 heavy (non-hydrogen) atoms. The molecule has 0 amide bonds. The molecule has 0 unspecified atom stereocenters. The highest BCUT2D eigenvalue weighted by Gasteiger charge is 2.18. The molecule has 0 fully saturated rings. The van der Waals surface area contributed by atoms with Gasteiger partial charge in [0.05, 0.1) is 18.3 Å². The highest BCUT2D eigenvalue weighted by atomic mass is 35.5. The van der Waals surface area contributed by atoms with Crippen LogP contribution in [0.25, 0.3) is 0 Å². The molecule has 1 aromatic heterocycles. The standard InChI is InChI=1S/C10H14O2.C8H11ClN2OS/c1-9-3-5-10(6-4-9)12-8-7-11-2;1-8(2,3)11-7(12)6(9)5(13)4-10-11/h3-6H,7-8H2,1-2H3;4,13H,1-3H3. The van der Waals surface area contributed by atoms with Gasteiger partial charge >= 0.3 is 0 Å². The first-order valence-corrected chi connectivity index (χ1v) is 8.65. The second kappa shape index (κ2) is 9.85. The number of methoxy groups -OCH3 is 1. The zero-order valence-electron chi connectivity index (χ0n) is 15.2. The molecule has 0 saturated heterocycles. The maximum Gasteiger partial charge on any atom is 0.287 e. The monoisotopic (exact) mass is 384 g/mol. The second-order valence-corrected chi connectivity index (χ2v) is 7.25. The lowest BCUT2D eigenvalue weighted by molar-refractivity contribution is 0.146. The Bertz CT molecular complexity index is 725. The molecule has 5 nitrogen and oxygen atoms in total. The molecule has 0 N–H and O–H groups in total. The zero-order chi connectivity index (χ0) is 19.0. The molecule has 0 saturated carbocycles. The highest BCUT2D eigenvalue weighted by molar-refractivity contribution is 7.80. The maximum atomic E-state index is 11.6. The van der Waals surface area contributed by atoms with Crippen molar-refractivity contribution in [3.63, 3.8) is 0 Å². The number of nitrogens with zero attached hydrogens (tertiary/aromatic N) is 2. The first kappa shape index (κ1) is 21.5. The lowest BCUT2D eigenvalue weighted by Crippen LogP contribution is -2.36. The predicted octanol–water partition coefficient (Wildman–Crippen LogP) is 3.96. The Labute approximate surface area is 159 Å². The van der Waals surface area contributed by atoms with Crippen LogP contribution >= 0.6 is 24.2 Å². The minimum Gasteiger partial charge on any atom is -0.491 e. The van der Waals surface area contributed by atoms with E-state index in [4.69, 9.17) is 21.1 Å². The molecule has 0 aliphatic carbocycles. The molecular weight excluding hydrogens is 360 g/mol. The largest absolute Gasteiger partial charge is 0.491 e. The molecule has 0 atom stereocenters. The number of thiol groups is 1. The lowest BCUT2D eigenvalue weighted by atomic mass is 10.1. The fourth-order valence-corrected chi connectivity index (χ4v) is 2.06. The van der Waals surface area contributed by atoms with Gasteiger partial charge in [-0.1, -0.05) is 29.3 Å². The first-order chi connectivity index (χ1) is 11.7. The van der Waals surface area contributed by atoms with Crippen molar-refractivity contribution in [3.8, 4) is 5.75 Å². The van der Waals surface area contributed by atoms with Gasteiger partial charge in [-0.05, 0) is 39.8 Å². The van der Waals surface area contributed by atoms with Gasteiger partial charge in [0, 0.05) is 12.0 Å². The van der Waals surface area contributed by atoms with Crippen LogP contribution < -0.4 is 10.3 Å².